The Labute approximate surface area is 114 Å². The quantitative estimate of drug-likeness (QED) is 0.903. The fourth-order valence-electron chi connectivity index (χ4n) is 2.53. The van der Waals surface area contributed by atoms with E-state index in [-0.39, 0.29) is 17.0 Å². The van der Waals surface area contributed by atoms with E-state index in [2.05, 4.69) is 18.6 Å². The van der Waals surface area contributed by atoms with Crippen molar-refractivity contribution in [3.8, 4) is 0 Å². The van der Waals surface area contributed by atoms with E-state index in [0.29, 0.717) is 13.0 Å². The van der Waals surface area contributed by atoms with Gasteiger partial charge < -0.3 is 4.57 Å². The van der Waals surface area contributed by atoms with Crippen LogP contribution in [0, 0.1) is 5.41 Å². The molecule has 0 aliphatic heterocycles. The zero-order chi connectivity index (χ0) is 14.3. The second kappa shape index (κ2) is 4.76. The van der Waals surface area contributed by atoms with Gasteiger partial charge in [0.2, 0.25) is 10.0 Å². The predicted molar refractivity (Wildman–Crippen MR) is 73.7 cm³/mol. The molecule has 5 nitrogen and oxygen atoms in total. The van der Waals surface area contributed by atoms with Crippen LogP contribution in [-0.4, -0.2) is 31.6 Å². The Morgan fingerprint density at radius 1 is 1.37 bits per heavy atom. The number of carbonyl (C=O) groups is 1. The Morgan fingerprint density at radius 3 is 2.68 bits per heavy atom. The summed E-state index contributed by atoms with van der Waals surface area (Å²) in [6, 6.07) is 1.80. The summed E-state index contributed by atoms with van der Waals surface area (Å²) in [5, 5.41) is 0. The Balaban J connectivity index is 2.24. The minimum Gasteiger partial charge on any atom is -0.350 e. The smallest absolute Gasteiger partial charge is 0.213 e. The number of nitrogens with one attached hydrogen (secondary N) is 1. The molecule has 1 N–H and O–H groups in total. The molecule has 0 amide bonds. The van der Waals surface area contributed by atoms with Crippen LogP contribution in [0.1, 0.15) is 36.3 Å². The van der Waals surface area contributed by atoms with Crippen molar-refractivity contribution in [2.75, 3.05) is 12.8 Å². The maximum atomic E-state index is 12.0. The van der Waals surface area contributed by atoms with E-state index in [0.717, 1.165) is 17.7 Å². The molecule has 0 radical (unpaired) electrons. The van der Waals surface area contributed by atoms with Crippen LogP contribution in [0.25, 0.3) is 0 Å². The molecule has 1 aromatic heterocycles. The standard InChI is InChI=1S/C13H20N2O3S/c1-13(2)8-11-10(12(16)9-13)4-5-15(11)6-7-19(17,18)14-3/h4-5,14H,6-9H2,1-3H3. The molecule has 0 aromatic carbocycles. The van der Waals surface area contributed by atoms with Gasteiger partial charge in [0, 0.05) is 30.4 Å². The normalized spacial score (nSPS) is 18.4. The molecule has 0 spiro atoms. The van der Waals surface area contributed by atoms with Gasteiger partial charge in [-0.1, -0.05) is 13.8 Å². The van der Waals surface area contributed by atoms with Crippen molar-refractivity contribution < 1.29 is 13.2 Å². The molecule has 0 saturated heterocycles. The lowest BCUT2D eigenvalue weighted by molar-refractivity contribution is 0.0910. The van der Waals surface area contributed by atoms with Crippen LogP contribution < -0.4 is 4.72 Å². The average molecular weight is 284 g/mol. The number of aromatic nitrogens is 1. The van der Waals surface area contributed by atoms with E-state index in [1.165, 1.54) is 7.05 Å². The van der Waals surface area contributed by atoms with Crippen molar-refractivity contribution >= 4 is 15.8 Å². The first kappa shape index (κ1) is 14.3. The number of ketones is 1. The van der Waals surface area contributed by atoms with Crippen LogP contribution in [0.5, 0.6) is 0 Å². The fourth-order valence-corrected chi connectivity index (χ4v) is 3.17. The molecule has 2 rings (SSSR count). The third-order valence-electron chi connectivity index (χ3n) is 3.58. The third kappa shape index (κ3) is 3.06. The first-order valence-corrected chi connectivity index (χ1v) is 8.02. The van der Waals surface area contributed by atoms with Gasteiger partial charge in [-0.3, -0.25) is 4.79 Å². The number of Topliss-reactive ketones (excluding diaryl/α,β-unsaturated/α-hetero) is 1. The number of rotatable bonds is 4. The van der Waals surface area contributed by atoms with Gasteiger partial charge in [0.25, 0.3) is 0 Å². The lowest BCUT2D eigenvalue weighted by Gasteiger charge is -2.29. The van der Waals surface area contributed by atoms with Crippen molar-refractivity contribution in [3.63, 3.8) is 0 Å². The number of fused-ring (bicyclic) bond motifs is 1. The van der Waals surface area contributed by atoms with Crippen LogP contribution >= 0.6 is 0 Å². The molecule has 0 bridgehead atoms. The molecule has 0 fully saturated rings. The zero-order valence-corrected chi connectivity index (χ0v) is 12.4. The average Bonchev–Trinajstić information content (AvgIpc) is 2.68. The SMILES string of the molecule is CNS(=O)(=O)CCn1ccc2c1CC(C)(C)CC2=O. The topological polar surface area (TPSA) is 68.2 Å². The Hall–Kier alpha value is -1.14. The molecule has 19 heavy (non-hydrogen) atoms. The molecule has 1 aliphatic rings. The number of nitrogens with zero attached hydrogens (tertiary/aromatic N) is 1. The van der Waals surface area contributed by atoms with Gasteiger partial charge in [0.1, 0.15) is 0 Å². The third-order valence-corrected chi connectivity index (χ3v) is 4.92. The Morgan fingerprint density at radius 2 is 2.05 bits per heavy atom. The van der Waals surface area contributed by atoms with E-state index in [1.54, 1.807) is 6.07 Å². The Kier molecular flexibility index (Phi) is 3.57. The van der Waals surface area contributed by atoms with Crippen LogP contribution in [0.3, 0.4) is 0 Å². The van der Waals surface area contributed by atoms with Crippen LogP contribution in [0.4, 0.5) is 0 Å². The molecule has 1 aromatic rings. The van der Waals surface area contributed by atoms with Crippen molar-refractivity contribution in [2.24, 2.45) is 5.41 Å². The number of hydrogen-bond acceptors (Lipinski definition) is 3. The number of aryl methyl sites for hydroxylation is 1. The molecule has 0 atom stereocenters. The van der Waals surface area contributed by atoms with Crippen LogP contribution in [0.2, 0.25) is 0 Å². The first-order chi connectivity index (χ1) is 8.74. The van der Waals surface area contributed by atoms with Gasteiger partial charge in [0.05, 0.1) is 5.75 Å². The molecule has 1 aliphatic carbocycles. The Bertz CT molecular complexity index is 599. The molecule has 0 saturated carbocycles. The second-order valence-corrected chi connectivity index (χ2v) is 7.88. The van der Waals surface area contributed by atoms with Gasteiger partial charge in [-0.25, -0.2) is 13.1 Å². The van der Waals surface area contributed by atoms with Gasteiger partial charge >= 0.3 is 0 Å². The highest BCUT2D eigenvalue weighted by Gasteiger charge is 2.32. The first-order valence-electron chi connectivity index (χ1n) is 6.36. The summed E-state index contributed by atoms with van der Waals surface area (Å²) in [6.07, 6.45) is 3.18. The molecule has 1 heterocycles. The summed E-state index contributed by atoms with van der Waals surface area (Å²) in [5.74, 6) is 0.181. The molecule has 6 heteroatoms. The van der Waals surface area contributed by atoms with Crippen molar-refractivity contribution in [3.05, 3.63) is 23.5 Å². The van der Waals surface area contributed by atoms with Gasteiger partial charge in [-0.2, -0.15) is 0 Å². The van der Waals surface area contributed by atoms with E-state index in [9.17, 15) is 13.2 Å². The number of hydrogen-bond donors (Lipinski definition) is 1. The second-order valence-electron chi connectivity index (χ2n) is 5.83. The predicted octanol–water partition coefficient (Wildman–Crippen LogP) is 1.19. The molecular formula is C13H20N2O3S. The minimum absolute atomic E-state index is 0.0270. The zero-order valence-electron chi connectivity index (χ0n) is 11.6. The molecule has 106 valence electrons. The fraction of sp³-hybridized carbons (Fsp3) is 0.615. The highest BCUT2D eigenvalue weighted by molar-refractivity contribution is 7.89. The van der Waals surface area contributed by atoms with E-state index >= 15 is 0 Å². The van der Waals surface area contributed by atoms with Crippen molar-refractivity contribution in [2.45, 2.75) is 33.2 Å². The summed E-state index contributed by atoms with van der Waals surface area (Å²) in [5.41, 5.74) is 1.66. The van der Waals surface area contributed by atoms with Crippen molar-refractivity contribution in [1.82, 2.24) is 9.29 Å². The number of sulfonamides is 1. The highest BCUT2D eigenvalue weighted by Crippen LogP contribution is 2.35. The maximum Gasteiger partial charge on any atom is 0.213 e. The monoisotopic (exact) mass is 284 g/mol. The van der Waals surface area contributed by atoms with Gasteiger partial charge in [-0.15, -0.1) is 0 Å². The summed E-state index contributed by atoms with van der Waals surface area (Å²) >= 11 is 0. The van der Waals surface area contributed by atoms with Gasteiger partial charge in [-0.05, 0) is 24.9 Å². The summed E-state index contributed by atoms with van der Waals surface area (Å²) < 4.78 is 27.1. The van der Waals surface area contributed by atoms with E-state index in [1.807, 2.05) is 10.8 Å². The maximum absolute atomic E-state index is 12.0. The largest absolute Gasteiger partial charge is 0.350 e. The van der Waals surface area contributed by atoms with Crippen LogP contribution in [0.15, 0.2) is 12.3 Å². The molecular weight excluding hydrogens is 264 g/mol. The van der Waals surface area contributed by atoms with E-state index in [4.69, 9.17) is 0 Å². The number of carbonyl (C=O) groups excluding carboxylic acids is 1. The minimum atomic E-state index is -3.22. The lowest BCUT2D eigenvalue weighted by Crippen LogP contribution is -2.29. The lowest BCUT2D eigenvalue weighted by atomic mass is 9.76. The van der Waals surface area contributed by atoms with Gasteiger partial charge in [0.15, 0.2) is 5.78 Å². The van der Waals surface area contributed by atoms with E-state index < -0.39 is 10.0 Å². The van der Waals surface area contributed by atoms with Crippen LogP contribution in [-0.2, 0) is 23.0 Å². The highest BCUT2D eigenvalue weighted by atomic mass is 32.2. The summed E-state index contributed by atoms with van der Waals surface area (Å²) in [4.78, 5) is 12.0. The summed E-state index contributed by atoms with van der Waals surface area (Å²) in [6.45, 7) is 4.51. The van der Waals surface area contributed by atoms with Crippen molar-refractivity contribution in [1.29, 1.82) is 0 Å². The summed E-state index contributed by atoms with van der Waals surface area (Å²) in [7, 11) is -1.81. The molecule has 0 unspecified atom stereocenters.